The van der Waals surface area contributed by atoms with Crippen molar-refractivity contribution >= 4 is 16.9 Å². The Balaban J connectivity index is 1.95. The number of nitrogens with zero attached hydrogens (tertiary/aromatic N) is 2. The van der Waals surface area contributed by atoms with E-state index in [1.54, 1.807) is 13.3 Å². The van der Waals surface area contributed by atoms with Gasteiger partial charge < -0.3 is 9.84 Å². The van der Waals surface area contributed by atoms with Crippen molar-refractivity contribution in [3.05, 3.63) is 71.9 Å². The lowest BCUT2D eigenvalue weighted by Gasteiger charge is -2.33. The molecule has 1 fully saturated rings. The minimum absolute atomic E-state index is 0.211. The Morgan fingerprint density at radius 3 is 2.74 bits per heavy atom. The second-order valence-corrected chi connectivity index (χ2v) is 6.80. The molecule has 1 N–H and O–H groups in total. The van der Waals surface area contributed by atoms with Crippen LogP contribution in [0.15, 0.2) is 60.8 Å². The average Bonchev–Trinajstić information content (AvgIpc) is 3.18. The minimum atomic E-state index is -0.772. The van der Waals surface area contributed by atoms with Gasteiger partial charge in [-0.1, -0.05) is 36.4 Å². The number of carboxylic acid groups (broad SMARTS) is 1. The van der Waals surface area contributed by atoms with E-state index in [0.717, 1.165) is 40.7 Å². The maximum Gasteiger partial charge on any atom is 0.320 e. The minimum Gasteiger partial charge on any atom is -0.496 e. The first kappa shape index (κ1) is 17.5. The van der Waals surface area contributed by atoms with E-state index < -0.39 is 12.0 Å². The number of carbonyl (C=O) groups is 1. The second-order valence-electron chi connectivity index (χ2n) is 6.80. The number of para-hydroxylation sites is 2. The molecule has 2 heterocycles. The van der Waals surface area contributed by atoms with Crippen molar-refractivity contribution in [3.8, 4) is 5.75 Å². The molecule has 27 heavy (non-hydrogen) atoms. The molecule has 0 saturated carbocycles. The first-order valence-corrected chi connectivity index (χ1v) is 9.16. The standard InChI is InChI=1S/C22H22N2O3/c1-27-20-11-5-3-8-17(20)21(24-14-6-10-19(24)22(25)26)16-12-13-23-18-9-4-2-7-15(16)18/h2-5,7-9,11-13,19,21H,6,10,14H2,1H3,(H,25,26). The molecule has 0 aliphatic carbocycles. The molecular weight excluding hydrogens is 340 g/mol. The number of carboxylic acids is 1. The van der Waals surface area contributed by atoms with Gasteiger partial charge in [-0.25, -0.2) is 0 Å². The van der Waals surface area contributed by atoms with Crippen LogP contribution in [0.1, 0.15) is 30.0 Å². The summed E-state index contributed by atoms with van der Waals surface area (Å²) in [7, 11) is 1.65. The van der Waals surface area contributed by atoms with Crippen LogP contribution in [-0.4, -0.2) is 40.7 Å². The van der Waals surface area contributed by atoms with Gasteiger partial charge in [0.05, 0.1) is 18.7 Å². The molecule has 0 bridgehead atoms. The lowest BCUT2D eigenvalue weighted by Crippen LogP contribution is -2.39. The molecule has 0 radical (unpaired) electrons. The zero-order valence-electron chi connectivity index (χ0n) is 15.2. The van der Waals surface area contributed by atoms with Gasteiger partial charge in [-0.05, 0) is 36.6 Å². The Labute approximate surface area is 158 Å². The Morgan fingerprint density at radius 1 is 1.15 bits per heavy atom. The van der Waals surface area contributed by atoms with Crippen molar-refractivity contribution in [1.29, 1.82) is 0 Å². The smallest absolute Gasteiger partial charge is 0.320 e. The van der Waals surface area contributed by atoms with Crippen LogP contribution in [0.25, 0.3) is 10.9 Å². The van der Waals surface area contributed by atoms with Gasteiger partial charge in [-0.2, -0.15) is 0 Å². The first-order valence-electron chi connectivity index (χ1n) is 9.16. The molecule has 138 valence electrons. The second kappa shape index (κ2) is 7.37. The SMILES string of the molecule is COc1ccccc1C(c1ccnc2ccccc12)N1CCCC1C(=O)O. The van der Waals surface area contributed by atoms with E-state index >= 15 is 0 Å². The Hall–Kier alpha value is -2.92. The number of aromatic nitrogens is 1. The summed E-state index contributed by atoms with van der Waals surface area (Å²) in [5, 5.41) is 10.8. The number of rotatable bonds is 5. The van der Waals surface area contributed by atoms with Crippen molar-refractivity contribution in [3.63, 3.8) is 0 Å². The summed E-state index contributed by atoms with van der Waals surface area (Å²) in [4.78, 5) is 18.5. The molecule has 2 unspecified atom stereocenters. The third-order valence-corrected chi connectivity index (χ3v) is 5.32. The molecule has 5 heteroatoms. The van der Waals surface area contributed by atoms with Crippen LogP contribution >= 0.6 is 0 Å². The molecule has 1 saturated heterocycles. The highest BCUT2D eigenvalue weighted by molar-refractivity contribution is 5.83. The van der Waals surface area contributed by atoms with Crippen molar-refractivity contribution in [2.75, 3.05) is 13.7 Å². The molecule has 0 amide bonds. The lowest BCUT2D eigenvalue weighted by atomic mass is 9.93. The predicted molar refractivity (Wildman–Crippen MR) is 104 cm³/mol. The summed E-state index contributed by atoms with van der Waals surface area (Å²) in [5.41, 5.74) is 2.93. The summed E-state index contributed by atoms with van der Waals surface area (Å²) < 4.78 is 5.63. The number of benzene rings is 2. The maximum atomic E-state index is 11.9. The monoisotopic (exact) mass is 362 g/mol. The van der Waals surface area contributed by atoms with Crippen LogP contribution < -0.4 is 4.74 Å². The molecular formula is C22H22N2O3. The Kier molecular flexibility index (Phi) is 4.77. The van der Waals surface area contributed by atoms with Crippen LogP contribution in [0.5, 0.6) is 5.75 Å². The van der Waals surface area contributed by atoms with Gasteiger partial charge in [-0.3, -0.25) is 14.7 Å². The van der Waals surface area contributed by atoms with Crippen molar-refractivity contribution in [2.45, 2.75) is 24.9 Å². The number of hydrogen-bond donors (Lipinski definition) is 1. The number of fused-ring (bicyclic) bond motifs is 1. The highest BCUT2D eigenvalue weighted by Gasteiger charge is 2.38. The number of likely N-dealkylation sites (tertiary alicyclic amines) is 1. The molecule has 1 aliphatic rings. The van der Waals surface area contributed by atoms with Crippen LogP contribution in [0, 0.1) is 0 Å². The Morgan fingerprint density at radius 2 is 1.93 bits per heavy atom. The van der Waals surface area contributed by atoms with E-state index in [1.807, 2.05) is 54.6 Å². The van der Waals surface area contributed by atoms with Crippen molar-refractivity contribution in [2.24, 2.45) is 0 Å². The topological polar surface area (TPSA) is 62.7 Å². The van der Waals surface area contributed by atoms with Gasteiger partial charge in [-0.15, -0.1) is 0 Å². The van der Waals surface area contributed by atoms with Gasteiger partial charge in [0.15, 0.2) is 0 Å². The summed E-state index contributed by atoms with van der Waals surface area (Å²) in [5.74, 6) is -0.00908. The van der Waals surface area contributed by atoms with Crippen LogP contribution in [0.2, 0.25) is 0 Å². The number of methoxy groups -OCH3 is 1. The predicted octanol–water partition coefficient (Wildman–Crippen LogP) is 3.88. The maximum absolute atomic E-state index is 11.9. The van der Waals surface area contributed by atoms with Crippen molar-refractivity contribution in [1.82, 2.24) is 9.88 Å². The van der Waals surface area contributed by atoms with Crippen LogP contribution in [-0.2, 0) is 4.79 Å². The fourth-order valence-electron chi connectivity index (χ4n) is 4.14. The van der Waals surface area contributed by atoms with Gasteiger partial charge in [0.25, 0.3) is 0 Å². The third-order valence-electron chi connectivity index (χ3n) is 5.32. The molecule has 0 spiro atoms. The van der Waals surface area contributed by atoms with Gasteiger partial charge in [0.2, 0.25) is 0 Å². The van der Waals surface area contributed by atoms with Crippen molar-refractivity contribution < 1.29 is 14.6 Å². The van der Waals surface area contributed by atoms with Gasteiger partial charge in [0.1, 0.15) is 11.8 Å². The molecule has 2 aromatic carbocycles. The van der Waals surface area contributed by atoms with E-state index in [-0.39, 0.29) is 6.04 Å². The zero-order chi connectivity index (χ0) is 18.8. The van der Waals surface area contributed by atoms with E-state index in [4.69, 9.17) is 4.74 Å². The summed E-state index contributed by atoms with van der Waals surface area (Å²) in [6.07, 6.45) is 3.32. The molecule has 4 rings (SSSR count). The average molecular weight is 362 g/mol. The van der Waals surface area contributed by atoms with Gasteiger partial charge in [0, 0.05) is 23.7 Å². The summed E-state index contributed by atoms with van der Waals surface area (Å²) in [6.45, 7) is 0.732. The van der Waals surface area contributed by atoms with E-state index in [0.29, 0.717) is 6.42 Å². The zero-order valence-corrected chi connectivity index (χ0v) is 15.2. The molecule has 2 atom stereocenters. The van der Waals surface area contributed by atoms with Gasteiger partial charge >= 0.3 is 5.97 Å². The summed E-state index contributed by atoms with van der Waals surface area (Å²) >= 11 is 0. The third kappa shape index (κ3) is 3.15. The van der Waals surface area contributed by atoms with Crippen LogP contribution in [0.4, 0.5) is 0 Å². The summed E-state index contributed by atoms with van der Waals surface area (Å²) in [6, 6.07) is 17.1. The fraction of sp³-hybridized carbons (Fsp3) is 0.273. The largest absolute Gasteiger partial charge is 0.496 e. The van der Waals surface area contributed by atoms with E-state index in [1.165, 1.54) is 0 Å². The van der Waals surface area contributed by atoms with Crippen LogP contribution in [0.3, 0.4) is 0 Å². The first-order chi connectivity index (χ1) is 13.2. The quantitative estimate of drug-likeness (QED) is 0.746. The highest BCUT2D eigenvalue weighted by Crippen LogP contribution is 2.40. The highest BCUT2D eigenvalue weighted by atomic mass is 16.5. The molecule has 1 aliphatic heterocycles. The van der Waals surface area contributed by atoms with E-state index in [9.17, 15) is 9.90 Å². The number of hydrogen-bond acceptors (Lipinski definition) is 4. The molecule has 3 aromatic rings. The lowest BCUT2D eigenvalue weighted by molar-refractivity contribution is -0.142. The molecule has 5 nitrogen and oxygen atoms in total. The number of aliphatic carboxylic acids is 1. The normalized spacial score (nSPS) is 18.5. The number of pyridine rings is 1. The van der Waals surface area contributed by atoms with E-state index in [2.05, 4.69) is 9.88 Å². The molecule has 1 aromatic heterocycles. The fourth-order valence-corrected chi connectivity index (χ4v) is 4.14. The Bertz CT molecular complexity index is 967. The number of ether oxygens (including phenoxy) is 1.